The first kappa shape index (κ1) is 14.8. The molecular formula is C18H21N3O. The molecule has 1 heterocycles. The Morgan fingerprint density at radius 1 is 1.45 bits per heavy atom. The minimum atomic E-state index is -0.367. The number of carbonyl (C=O) groups is 1. The number of hydrogen-bond acceptors (Lipinski definition) is 3. The molecule has 2 aliphatic rings. The van der Waals surface area contributed by atoms with E-state index in [4.69, 9.17) is 6.42 Å². The maximum Gasteiger partial charge on any atom is 0.220 e. The van der Waals surface area contributed by atoms with Gasteiger partial charge in [0, 0.05) is 25.7 Å². The summed E-state index contributed by atoms with van der Waals surface area (Å²) in [5, 5.41) is 11.3. The fourth-order valence-electron chi connectivity index (χ4n) is 3.12. The molecule has 1 N–H and O–H groups in total. The number of amides is 1. The first-order chi connectivity index (χ1) is 10.6. The minimum absolute atomic E-state index is 0.0803. The lowest BCUT2D eigenvalue weighted by atomic mass is 10.0. The number of carbonyl (C=O) groups excluding carboxylic acids is 1. The summed E-state index contributed by atoms with van der Waals surface area (Å²) in [6.07, 6.45) is 9.82. The molecule has 1 amide bonds. The molecule has 1 aliphatic carbocycles. The van der Waals surface area contributed by atoms with Crippen molar-refractivity contribution in [2.24, 2.45) is 10.2 Å². The van der Waals surface area contributed by atoms with Crippen LogP contribution in [0, 0.1) is 19.3 Å². The summed E-state index contributed by atoms with van der Waals surface area (Å²) in [6, 6.07) is 6.65. The van der Waals surface area contributed by atoms with Crippen molar-refractivity contribution in [3.63, 3.8) is 0 Å². The lowest BCUT2D eigenvalue weighted by Gasteiger charge is -2.15. The van der Waals surface area contributed by atoms with E-state index in [2.05, 4.69) is 46.6 Å². The van der Waals surface area contributed by atoms with E-state index in [1.54, 1.807) is 0 Å². The Morgan fingerprint density at radius 2 is 2.27 bits per heavy atom. The third-order valence-corrected chi connectivity index (χ3v) is 4.52. The number of nitrogens with zero attached hydrogens (tertiary/aromatic N) is 2. The molecule has 22 heavy (non-hydrogen) atoms. The Morgan fingerprint density at radius 3 is 3.00 bits per heavy atom. The molecule has 0 spiro atoms. The monoisotopic (exact) mass is 295 g/mol. The van der Waals surface area contributed by atoms with E-state index in [0.29, 0.717) is 19.3 Å². The Bertz CT molecular complexity index is 651. The number of fused-ring (bicyclic) bond motifs is 1. The van der Waals surface area contributed by atoms with Gasteiger partial charge in [-0.2, -0.15) is 10.2 Å². The van der Waals surface area contributed by atoms with Crippen LogP contribution < -0.4 is 5.32 Å². The van der Waals surface area contributed by atoms with E-state index >= 15 is 0 Å². The van der Waals surface area contributed by atoms with Crippen LogP contribution in [-0.2, 0) is 11.2 Å². The summed E-state index contributed by atoms with van der Waals surface area (Å²) in [4.78, 5) is 12.2. The summed E-state index contributed by atoms with van der Waals surface area (Å²) in [7, 11) is 0. The number of rotatable bonds is 6. The Hall–Kier alpha value is -2.15. The van der Waals surface area contributed by atoms with Gasteiger partial charge in [0.15, 0.2) is 5.66 Å². The number of nitrogens with one attached hydrogen (secondary N) is 1. The number of benzene rings is 1. The molecule has 1 aliphatic heterocycles. The van der Waals surface area contributed by atoms with Gasteiger partial charge in [-0.15, -0.1) is 12.3 Å². The fraction of sp³-hybridized carbons (Fsp3) is 0.500. The van der Waals surface area contributed by atoms with Gasteiger partial charge in [-0.3, -0.25) is 4.79 Å². The highest BCUT2D eigenvalue weighted by atomic mass is 16.1. The molecule has 4 nitrogen and oxygen atoms in total. The molecule has 114 valence electrons. The van der Waals surface area contributed by atoms with Crippen molar-refractivity contribution in [1.82, 2.24) is 5.32 Å². The van der Waals surface area contributed by atoms with Crippen molar-refractivity contribution in [3.05, 3.63) is 34.9 Å². The lowest BCUT2D eigenvalue weighted by molar-refractivity contribution is -0.122. The third-order valence-electron chi connectivity index (χ3n) is 4.52. The zero-order chi connectivity index (χ0) is 15.6. The second kappa shape index (κ2) is 5.92. The van der Waals surface area contributed by atoms with Crippen molar-refractivity contribution in [2.75, 3.05) is 0 Å². The summed E-state index contributed by atoms with van der Waals surface area (Å²) in [5.41, 5.74) is 3.50. The molecule has 1 aromatic rings. The van der Waals surface area contributed by atoms with E-state index < -0.39 is 0 Å². The van der Waals surface area contributed by atoms with Crippen molar-refractivity contribution < 1.29 is 4.79 Å². The van der Waals surface area contributed by atoms with Crippen LogP contribution >= 0.6 is 0 Å². The maximum atomic E-state index is 12.2. The van der Waals surface area contributed by atoms with Crippen LogP contribution in [0.3, 0.4) is 0 Å². The molecule has 1 unspecified atom stereocenters. The second-order valence-corrected chi connectivity index (χ2v) is 6.25. The molecule has 1 atom stereocenters. The quantitative estimate of drug-likeness (QED) is 0.803. The predicted molar refractivity (Wildman–Crippen MR) is 85.3 cm³/mol. The van der Waals surface area contributed by atoms with Gasteiger partial charge >= 0.3 is 0 Å². The molecule has 0 saturated carbocycles. The molecule has 1 aromatic carbocycles. The second-order valence-electron chi connectivity index (χ2n) is 6.25. The Kier molecular flexibility index (Phi) is 3.98. The number of aryl methyl sites for hydroxylation is 2. The van der Waals surface area contributed by atoms with Crippen LogP contribution in [0.2, 0.25) is 0 Å². The fourth-order valence-corrected chi connectivity index (χ4v) is 3.12. The standard InChI is InChI=1S/C18H21N3O/c1-3-4-10-18(20-21-18)11-9-17(22)19-16-8-7-14-6-5-13(2)12-15(14)16/h1,5-6,12,16H,4,7-11H2,2H3,(H,19,22). The van der Waals surface area contributed by atoms with E-state index in [9.17, 15) is 4.79 Å². The topological polar surface area (TPSA) is 53.8 Å². The zero-order valence-electron chi connectivity index (χ0n) is 12.9. The van der Waals surface area contributed by atoms with Crippen molar-refractivity contribution >= 4 is 5.91 Å². The molecule has 4 heteroatoms. The average molecular weight is 295 g/mol. The van der Waals surface area contributed by atoms with Gasteiger partial charge in [-0.25, -0.2) is 0 Å². The van der Waals surface area contributed by atoms with Crippen LogP contribution in [0.1, 0.15) is 54.8 Å². The summed E-state index contributed by atoms with van der Waals surface area (Å²) < 4.78 is 0. The summed E-state index contributed by atoms with van der Waals surface area (Å²) >= 11 is 0. The Balaban J connectivity index is 1.52. The van der Waals surface area contributed by atoms with E-state index in [-0.39, 0.29) is 17.6 Å². The van der Waals surface area contributed by atoms with Crippen LogP contribution in [-0.4, -0.2) is 11.6 Å². The molecule has 0 bridgehead atoms. The van der Waals surface area contributed by atoms with Crippen LogP contribution in [0.25, 0.3) is 0 Å². The smallest absolute Gasteiger partial charge is 0.220 e. The average Bonchev–Trinajstić information content (AvgIpc) is 3.19. The molecule has 0 aromatic heterocycles. The molecular weight excluding hydrogens is 274 g/mol. The number of hydrogen-bond donors (Lipinski definition) is 1. The summed E-state index contributed by atoms with van der Waals surface area (Å²) in [6.45, 7) is 2.09. The van der Waals surface area contributed by atoms with Gasteiger partial charge < -0.3 is 5.32 Å². The van der Waals surface area contributed by atoms with E-state index in [1.165, 1.54) is 16.7 Å². The lowest BCUT2D eigenvalue weighted by Crippen LogP contribution is -2.28. The largest absolute Gasteiger partial charge is 0.349 e. The minimum Gasteiger partial charge on any atom is -0.349 e. The highest BCUT2D eigenvalue weighted by Gasteiger charge is 2.39. The molecule has 3 rings (SSSR count). The highest BCUT2D eigenvalue weighted by molar-refractivity contribution is 5.76. The van der Waals surface area contributed by atoms with E-state index in [1.807, 2.05) is 0 Å². The number of terminal acetylenes is 1. The summed E-state index contributed by atoms with van der Waals surface area (Å²) in [5.74, 6) is 2.69. The van der Waals surface area contributed by atoms with Gasteiger partial charge in [0.25, 0.3) is 0 Å². The van der Waals surface area contributed by atoms with Crippen molar-refractivity contribution in [2.45, 2.75) is 57.2 Å². The van der Waals surface area contributed by atoms with Crippen LogP contribution in [0.15, 0.2) is 28.4 Å². The van der Waals surface area contributed by atoms with Crippen LogP contribution in [0.5, 0.6) is 0 Å². The molecule has 0 fully saturated rings. The predicted octanol–water partition coefficient (Wildman–Crippen LogP) is 3.45. The van der Waals surface area contributed by atoms with Crippen molar-refractivity contribution in [1.29, 1.82) is 0 Å². The first-order valence-corrected chi connectivity index (χ1v) is 7.88. The van der Waals surface area contributed by atoms with Gasteiger partial charge in [-0.1, -0.05) is 23.8 Å². The highest BCUT2D eigenvalue weighted by Crippen LogP contribution is 2.38. The van der Waals surface area contributed by atoms with Crippen LogP contribution in [0.4, 0.5) is 0 Å². The first-order valence-electron chi connectivity index (χ1n) is 7.88. The van der Waals surface area contributed by atoms with Gasteiger partial charge in [0.2, 0.25) is 5.91 Å². The molecule has 0 saturated heterocycles. The van der Waals surface area contributed by atoms with Gasteiger partial charge in [-0.05, 0) is 30.9 Å². The van der Waals surface area contributed by atoms with Crippen molar-refractivity contribution in [3.8, 4) is 12.3 Å². The maximum absolute atomic E-state index is 12.2. The third kappa shape index (κ3) is 3.19. The zero-order valence-corrected chi connectivity index (χ0v) is 12.9. The van der Waals surface area contributed by atoms with Gasteiger partial charge in [0.1, 0.15) is 0 Å². The van der Waals surface area contributed by atoms with E-state index in [0.717, 1.165) is 19.3 Å². The normalized spacial score (nSPS) is 20.3. The SMILES string of the molecule is C#CCCC1(CCC(=O)NC2CCc3ccc(C)cc32)N=N1. The molecule has 0 radical (unpaired) electrons. The Labute approximate surface area is 131 Å². The van der Waals surface area contributed by atoms with Gasteiger partial charge in [0.05, 0.1) is 6.04 Å².